The van der Waals surface area contributed by atoms with Crippen molar-refractivity contribution in [3.8, 4) is 0 Å². The Morgan fingerprint density at radius 1 is 1.29 bits per heavy atom. The van der Waals surface area contributed by atoms with E-state index in [9.17, 15) is 0 Å². The van der Waals surface area contributed by atoms with E-state index in [0.29, 0.717) is 10.0 Å². The van der Waals surface area contributed by atoms with E-state index in [1.807, 2.05) is 24.3 Å². The molecule has 0 amide bonds. The van der Waals surface area contributed by atoms with Crippen LogP contribution in [0.2, 0.25) is 5.02 Å². The van der Waals surface area contributed by atoms with Gasteiger partial charge < -0.3 is 11.1 Å². The minimum atomic E-state index is 0.353. The van der Waals surface area contributed by atoms with Gasteiger partial charge in [0.1, 0.15) is 16.0 Å². The van der Waals surface area contributed by atoms with Crippen molar-refractivity contribution in [2.45, 2.75) is 0 Å². The molecular weight excluding hydrogens is 392 g/mol. The molecule has 8 heteroatoms. The lowest BCUT2D eigenvalue weighted by atomic mass is 10.2. The van der Waals surface area contributed by atoms with Crippen molar-refractivity contribution < 1.29 is 0 Å². The topological polar surface area (TPSA) is 63.8 Å². The second kappa shape index (κ2) is 5.84. The molecule has 0 fully saturated rings. The van der Waals surface area contributed by atoms with Crippen LogP contribution in [-0.2, 0) is 0 Å². The Balaban J connectivity index is 2.04. The molecule has 0 aliphatic rings. The fourth-order valence-corrected chi connectivity index (χ4v) is 3.20. The number of nitrogens with two attached hydrogens (primary N) is 1. The molecule has 3 N–H and O–H groups in total. The molecule has 0 saturated heterocycles. The Hall–Kier alpha value is -1.28. The number of thiocarbonyl (C=S) groups is 1. The van der Waals surface area contributed by atoms with Gasteiger partial charge in [0, 0.05) is 10.0 Å². The summed E-state index contributed by atoms with van der Waals surface area (Å²) in [6.45, 7) is 0. The molecule has 1 heterocycles. The van der Waals surface area contributed by atoms with Crippen molar-refractivity contribution in [1.82, 2.24) is 8.75 Å². The van der Waals surface area contributed by atoms with Gasteiger partial charge in [0.25, 0.3) is 0 Å². The molecule has 0 unspecified atom stereocenters. The molecule has 21 heavy (non-hydrogen) atoms. The molecule has 0 aliphatic carbocycles. The van der Waals surface area contributed by atoms with Crippen LogP contribution in [0.1, 0.15) is 5.56 Å². The van der Waals surface area contributed by atoms with Crippen LogP contribution in [0.5, 0.6) is 0 Å². The van der Waals surface area contributed by atoms with E-state index in [1.165, 1.54) is 0 Å². The number of benzene rings is 2. The van der Waals surface area contributed by atoms with Gasteiger partial charge >= 0.3 is 0 Å². The van der Waals surface area contributed by atoms with Crippen LogP contribution >= 0.6 is 51.5 Å². The smallest absolute Gasteiger partial charge is 0.129 e. The summed E-state index contributed by atoms with van der Waals surface area (Å²) < 4.78 is 9.32. The Kier molecular flexibility index (Phi) is 4.08. The minimum Gasteiger partial charge on any atom is -0.389 e. The van der Waals surface area contributed by atoms with Crippen molar-refractivity contribution in [2.24, 2.45) is 5.73 Å². The zero-order valence-electron chi connectivity index (χ0n) is 10.4. The standard InChI is InChI=1S/C13H8BrClN4S2/c14-7-5-6(13(16)20)1-3-9(7)17-11-8(15)2-4-10-12(11)19-21-18-10/h1-5,17H,(H2,16,20). The van der Waals surface area contributed by atoms with Gasteiger partial charge in [0.15, 0.2) is 0 Å². The molecule has 1 aromatic heterocycles. The molecule has 0 aliphatic heterocycles. The highest BCUT2D eigenvalue weighted by molar-refractivity contribution is 9.10. The van der Waals surface area contributed by atoms with E-state index in [1.54, 1.807) is 6.07 Å². The summed E-state index contributed by atoms with van der Waals surface area (Å²) in [5.74, 6) is 0. The van der Waals surface area contributed by atoms with Gasteiger partial charge in [-0.05, 0) is 46.3 Å². The third kappa shape index (κ3) is 2.87. The van der Waals surface area contributed by atoms with Gasteiger partial charge in [-0.25, -0.2) is 0 Å². The SMILES string of the molecule is NC(=S)c1ccc(Nc2c(Cl)ccc3nsnc23)c(Br)c1. The summed E-state index contributed by atoms with van der Waals surface area (Å²) in [6, 6.07) is 9.23. The molecule has 0 radical (unpaired) electrons. The summed E-state index contributed by atoms with van der Waals surface area (Å²) in [7, 11) is 0. The predicted molar refractivity (Wildman–Crippen MR) is 95.7 cm³/mol. The zero-order chi connectivity index (χ0) is 15.0. The first kappa shape index (κ1) is 14.6. The van der Waals surface area contributed by atoms with Crippen molar-refractivity contribution in [2.75, 3.05) is 5.32 Å². The molecule has 3 rings (SSSR count). The number of nitrogens with zero attached hydrogens (tertiary/aromatic N) is 2. The van der Waals surface area contributed by atoms with Crippen molar-refractivity contribution in [3.05, 3.63) is 45.4 Å². The normalized spacial score (nSPS) is 10.8. The number of hydrogen-bond acceptors (Lipinski definition) is 5. The summed E-state index contributed by atoms with van der Waals surface area (Å²) in [4.78, 5) is 0.353. The van der Waals surface area contributed by atoms with Crippen LogP contribution in [0.15, 0.2) is 34.8 Å². The maximum Gasteiger partial charge on any atom is 0.129 e. The maximum absolute atomic E-state index is 6.26. The second-order valence-corrected chi connectivity index (χ2v) is 6.47. The molecule has 0 atom stereocenters. The Morgan fingerprint density at radius 2 is 2.10 bits per heavy atom. The molecule has 4 nitrogen and oxygen atoms in total. The number of aromatic nitrogens is 2. The summed E-state index contributed by atoms with van der Waals surface area (Å²) in [5.41, 5.74) is 9.55. The van der Waals surface area contributed by atoms with E-state index >= 15 is 0 Å². The number of anilines is 2. The highest BCUT2D eigenvalue weighted by atomic mass is 79.9. The van der Waals surface area contributed by atoms with Crippen LogP contribution < -0.4 is 11.1 Å². The average Bonchev–Trinajstić information content (AvgIpc) is 2.92. The Bertz CT molecular complexity index is 849. The Labute approximate surface area is 143 Å². The van der Waals surface area contributed by atoms with E-state index in [2.05, 4.69) is 30.0 Å². The zero-order valence-corrected chi connectivity index (χ0v) is 14.4. The van der Waals surface area contributed by atoms with Gasteiger partial charge in [-0.1, -0.05) is 23.8 Å². The van der Waals surface area contributed by atoms with Crippen molar-refractivity contribution >= 4 is 78.9 Å². The number of rotatable bonds is 3. The van der Waals surface area contributed by atoms with Crippen molar-refractivity contribution in [1.29, 1.82) is 0 Å². The first-order valence-corrected chi connectivity index (χ1v) is 8.14. The average molecular weight is 400 g/mol. The van der Waals surface area contributed by atoms with E-state index < -0.39 is 0 Å². The fourth-order valence-electron chi connectivity index (χ4n) is 1.85. The van der Waals surface area contributed by atoms with Crippen molar-refractivity contribution in [3.63, 3.8) is 0 Å². The van der Waals surface area contributed by atoms with Gasteiger partial charge in [-0.2, -0.15) is 8.75 Å². The fraction of sp³-hybridized carbons (Fsp3) is 0. The summed E-state index contributed by atoms with van der Waals surface area (Å²) in [6.07, 6.45) is 0. The monoisotopic (exact) mass is 398 g/mol. The highest BCUT2D eigenvalue weighted by Crippen LogP contribution is 2.35. The number of hydrogen-bond donors (Lipinski definition) is 2. The van der Waals surface area contributed by atoms with Crippen LogP contribution in [0.25, 0.3) is 11.0 Å². The minimum absolute atomic E-state index is 0.353. The van der Waals surface area contributed by atoms with Crippen LogP contribution in [0.4, 0.5) is 11.4 Å². The van der Waals surface area contributed by atoms with Gasteiger partial charge in [-0.15, -0.1) is 0 Å². The lowest BCUT2D eigenvalue weighted by Crippen LogP contribution is -2.09. The van der Waals surface area contributed by atoms with Gasteiger partial charge in [-0.3, -0.25) is 0 Å². The second-order valence-electron chi connectivity index (χ2n) is 4.24. The van der Waals surface area contributed by atoms with Gasteiger partial charge in [0.05, 0.1) is 28.1 Å². The molecule has 2 aromatic carbocycles. The third-order valence-electron chi connectivity index (χ3n) is 2.89. The first-order valence-electron chi connectivity index (χ1n) is 5.83. The van der Waals surface area contributed by atoms with Gasteiger partial charge in [0.2, 0.25) is 0 Å². The van der Waals surface area contributed by atoms with E-state index in [-0.39, 0.29) is 0 Å². The molecule has 0 saturated carbocycles. The third-order valence-corrected chi connectivity index (χ3v) is 4.64. The molecular formula is C13H8BrClN4S2. The largest absolute Gasteiger partial charge is 0.389 e. The molecule has 0 spiro atoms. The van der Waals surface area contributed by atoms with E-state index in [0.717, 1.165) is 44.2 Å². The van der Waals surface area contributed by atoms with Crippen LogP contribution in [0.3, 0.4) is 0 Å². The van der Waals surface area contributed by atoms with E-state index in [4.69, 9.17) is 29.6 Å². The molecule has 3 aromatic rings. The summed E-state index contributed by atoms with van der Waals surface area (Å²) >= 11 is 15.9. The predicted octanol–water partition coefficient (Wildman–Crippen LogP) is 4.49. The number of fused-ring (bicyclic) bond motifs is 1. The Morgan fingerprint density at radius 3 is 2.81 bits per heavy atom. The van der Waals surface area contributed by atoms with Crippen LogP contribution in [0, 0.1) is 0 Å². The number of halogens is 2. The van der Waals surface area contributed by atoms with Crippen LogP contribution in [-0.4, -0.2) is 13.7 Å². The highest BCUT2D eigenvalue weighted by Gasteiger charge is 2.12. The lowest BCUT2D eigenvalue weighted by Gasteiger charge is -2.11. The number of nitrogens with one attached hydrogen (secondary N) is 1. The first-order chi connectivity index (χ1) is 10.1. The lowest BCUT2D eigenvalue weighted by molar-refractivity contribution is 1.51. The summed E-state index contributed by atoms with van der Waals surface area (Å²) in [5, 5.41) is 3.86. The molecule has 106 valence electrons. The quantitative estimate of drug-likeness (QED) is 0.636. The maximum atomic E-state index is 6.26. The molecule has 0 bridgehead atoms.